The van der Waals surface area contributed by atoms with Gasteiger partial charge in [0.1, 0.15) is 17.3 Å². The van der Waals surface area contributed by atoms with Crippen LogP contribution in [-0.4, -0.2) is 40.8 Å². The Morgan fingerprint density at radius 1 is 1.19 bits per heavy atom. The molecule has 160 valence electrons. The number of aryl methyl sites for hydroxylation is 2. The van der Waals surface area contributed by atoms with Gasteiger partial charge in [0, 0.05) is 36.3 Å². The van der Waals surface area contributed by atoms with Gasteiger partial charge in [0.15, 0.2) is 0 Å². The van der Waals surface area contributed by atoms with Crippen LogP contribution >= 0.6 is 0 Å². The molecule has 2 aliphatic heterocycles. The van der Waals surface area contributed by atoms with Crippen molar-refractivity contribution < 1.29 is 18.7 Å². The number of aromatic nitrogens is 2. The van der Waals surface area contributed by atoms with Crippen LogP contribution in [-0.2, 0) is 26.4 Å². The summed E-state index contributed by atoms with van der Waals surface area (Å²) in [6.45, 7) is 1.70. The summed E-state index contributed by atoms with van der Waals surface area (Å²) >= 11 is 0. The van der Waals surface area contributed by atoms with Gasteiger partial charge in [-0.2, -0.15) is 5.10 Å². The summed E-state index contributed by atoms with van der Waals surface area (Å²) in [5, 5.41) is 4.64. The van der Waals surface area contributed by atoms with Crippen LogP contribution in [0.1, 0.15) is 33.6 Å². The summed E-state index contributed by atoms with van der Waals surface area (Å²) in [6, 6.07) is 10.4. The van der Waals surface area contributed by atoms with Gasteiger partial charge < -0.3 is 14.4 Å². The maximum atomic E-state index is 14.1. The average molecular weight is 421 g/mol. The van der Waals surface area contributed by atoms with Gasteiger partial charge in [-0.15, -0.1) is 0 Å². The number of ether oxygens (including phenoxy) is 2. The molecule has 31 heavy (non-hydrogen) atoms. The van der Waals surface area contributed by atoms with Crippen LogP contribution in [0.4, 0.5) is 4.39 Å². The standard InChI is InChI=1S/C24H24FN3O3/c1-27-23(17-10-18(25)13-19(11-17)30-2)20-7-8-28(14-21(20)26-27)24(29)16-6-5-15-4-3-9-31-22(15)12-16/h5-6,10-13H,3-4,7-9,14H2,1-2H3. The molecule has 0 spiro atoms. The predicted molar refractivity (Wildman–Crippen MR) is 114 cm³/mol. The smallest absolute Gasteiger partial charge is 0.254 e. The summed E-state index contributed by atoms with van der Waals surface area (Å²) in [7, 11) is 3.37. The van der Waals surface area contributed by atoms with Gasteiger partial charge in [-0.05, 0) is 49.1 Å². The fourth-order valence-corrected chi connectivity index (χ4v) is 4.53. The first-order valence-electron chi connectivity index (χ1n) is 10.5. The molecule has 0 unspecified atom stereocenters. The maximum absolute atomic E-state index is 14.1. The average Bonchev–Trinajstić information content (AvgIpc) is 3.12. The number of nitrogens with zero attached hydrogens (tertiary/aromatic N) is 3. The van der Waals surface area contributed by atoms with Crippen molar-refractivity contribution in [3.63, 3.8) is 0 Å². The zero-order valence-electron chi connectivity index (χ0n) is 17.7. The molecule has 3 heterocycles. The number of hydrogen-bond donors (Lipinski definition) is 0. The number of carbonyl (C=O) groups is 1. The number of rotatable bonds is 3. The van der Waals surface area contributed by atoms with Crippen LogP contribution < -0.4 is 9.47 Å². The molecule has 0 saturated heterocycles. The Labute approximate surface area is 180 Å². The number of amides is 1. The van der Waals surface area contributed by atoms with E-state index in [1.807, 2.05) is 36.2 Å². The first-order chi connectivity index (χ1) is 15.0. The monoisotopic (exact) mass is 421 g/mol. The van der Waals surface area contributed by atoms with Crippen molar-refractivity contribution in [3.05, 3.63) is 64.6 Å². The third-order valence-corrected chi connectivity index (χ3v) is 6.03. The van der Waals surface area contributed by atoms with Crippen LogP contribution in [0.2, 0.25) is 0 Å². The largest absolute Gasteiger partial charge is 0.497 e. The zero-order chi connectivity index (χ0) is 21.5. The molecule has 0 radical (unpaired) electrons. The van der Waals surface area contributed by atoms with E-state index < -0.39 is 0 Å². The lowest BCUT2D eigenvalue weighted by Crippen LogP contribution is -2.36. The highest BCUT2D eigenvalue weighted by atomic mass is 19.1. The van der Waals surface area contributed by atoms with Crippen molar-refractivity contribution in [1.82, 2.24) is 14.7 Å². The van der Waals surface area contributed by atoms with E-state index in [1.165, 1.54) is 19.2 Å². The van der Waals surface area contributed by atoms with Gasteiger partial charge in [-0.1, -0.05) is 6.07 Å². The van der Waals surface area contributed by atoms with E-state index in [-0.39, 0.29) is 11.7 Å². The molecule has 5 rings (SSSR count). The Kier molecular flexibility index (Phi) is 4.88. The molecule has 7 heteroatoms. The molecule has 6 nitrogen and oxygen atoms in total. The van der Waals surface area contributed by atoms with E-state index in [0.29, 0.717) is 37.4 Å². The molecule has 0 saturated carbocycles. The summed E-state index contributed by atoms with van der Waals surface area (Å²) in [5.41, 5.74) is 5.27. The van der Waals surface area contributed by atoms with Crippen LogP contribution in [0.5, 0.6) is 11.5 Å². The minimum atomic E-state index is -0.355. The van der Waals surface area contributed by atoms with Crippen molar-refractivity contribution in [2.45, 2.75) is 25.8 Å². The summed E-state index contributed by atoms with van der Waals surface area (Å²) < 4.78 is 26.8. The summed E-state index contributed by atoms with van der Waals surface area (Å²) in [4.78, 5) is 15.0. The topological polar surface area (TPSA) is 56.6 Å². The Morgan fingerprint density at radius 2 is 2.06 bits per heavy atom. The van der Waals surface area contributed by atoms with Crippen molar-refractivity contribution >= 4 is 5.91 Å². The lowest BCUT2D eigenvalue weighted by Gasteiger charge is -2.27. The minimum Gasteiger partial charge on any atom is -0.497 e. The molecule has 0 aliphatic carbocycles. The highest BCUT2D eigenvalue weighted by Crippen LogP contribution is 2.33. The number of benzene rings is 2. The Bertz CT molecular complexity index is 1170. The number of halogens is 1. The van der Waals surface area contributed by atoms with Gasteiger partial charge >= 0.3 is 0 Å². The Hall–Kier alpha value is -3.35. The van der Waals surface area contributed by atoms with Crippen molar-refractivity contribution in [2.75, 3.05) is 20.3 Å². The van der Waals surface area contributed by atoms with Crippen molar-refractivity contribution in [1.29, 1.82) is 0 Å². The van der Waals surface area contributed by atoms with Crippen LogP contribution in [0, 0.1) is 5.82 Å². The quantitative estimate of drug-likeness (QED) is 0.646. The lowest BCUT2D eigenvalue weighted by atomic mass is 9.98. The van der Waals surface area contributed by atoms with Crippen molar-refractivity contribution in [3.8, 4) is 22.8 Å². The second-order valence-corrected chi connectivity index (χ2v) is 8.03. The van der Waals surface area contributed by atoms with E-state index in [1.54, 1.807) is 4.68 Å². The third-order valence-electron chi connectivity index (χ3n) is 6.03. The van der Waals surface area contributed by atoms with Gasteiger partial charge in [0.25, 0.3) is 5.91 Å². The first-order valence-corrected chi connectivity index (χ1v) is 10.5. The molecule has 1 aromatic heterocycles. The van der Waals surface area contributed by atoms with Gasteiger partial charge in [-0.3, -0.25) is 9.48 Å². The van der Waals surface area contributed by atoms with E-state index in [9.17, 15) is 9.18 Å². The molecule has 2 aromatic carbocycles. The summed E-state index contributed by atoms with van der Waals surface area (Å²) in [5.74, 6) is 0.899. The number of methoxy groups -OCH3 is 1. The summed E-state index contributed by atoms with van der Waals surface area (Å²) in [6.07, 6.45) is 2.65. The normalized spacial score (nSPS) is 15.1. The van der Waals surface area contributed by atoms with Crippen LogP contribution in [0.25, 0.3) is 11.3 Å². The molecule has 0 atom stereocenters. The van der Waals surface area contributed by atoms with Gasteiger partial charge in [0.2, 0.25) is 0 Å². The van der Waals surface area contributed by atoms with E-state index in [2.05, 4.69) is 5.10 Å². The fraction of sp³-hybridized carbons (Fsp3) is 0.333. The highest BCUT2D eigenvalue weighted by Gasteiger charge is 2.28. The fourth-order valence-electron chi connectivity index (χ4n) is 4.53. The molecular formula is C24H24FN3O3. The van der Waals surface area contributed by atoms with E-state index >= 15 is 0 Å². The van der Waals surface area contributed by atoms with E-state index in [4.69, 9.17) is 9.47 Å². The van der Waals surface area contributed by atoms with Gasteiger partial charge in [0.05, 0.1) is 31.6 Å². The first kappa shape index (κ1) is 19.6. The Morgan fingerprint density at radius 3 is 2.90 bits per heavy atom. The van der Waals surface area contributed by atoms with E-state index in [0.717, 1.165) is 46.7 Å². The van der Waals surface area contributed by atoms with Crippen LogP contribution in [0.3, 0.4) is 0 Å². The third kappa shape index (κ3) is 3.54. The molecule has 3 aromatic rings. The molecule has 1 amide bonds. The molecule has 0 fully saturated rings. The lowest BCUT2D eigenvalue weighted by molar-refractivity contribution is 0.0731. The molecule has 0 bridgehead atoms. The minimum absolute atomic E-state index is 0.0257. The zero-order valence-corrected chi connectivity index (χ0v) is 17.7. The second kappa shape index (κ2) is 7.72. The number of carbonyl (C=O) groups excluding carboxylic acids is 1. The maximum Gasteiger partial charge on any atom is 0.254 e. The SMILES string of the molecule is COc1cc(F)cc(-c2c3c(nn2C)CN(C(=O)c2ccc4c(c2)OCCC4)CC3)c1. The molecule has 0 N–H and O–H groups in total. The van der Waals surface area contributed by atoms with Crippen LogP contribution in [0.15, 0.2) is 36.4 Å². The number of hydrogen-bond acceptors (Lipinski definition) is 4. The molecular weight excluding hydrogens is 397 g/mol. The second-order valence-electron chi connectivity index (χ2n) is 8.03. The van der Waals surface area contributed by atoms with Gasteiger partial charge in [-0.25, -0.2) is 4.39 Å². The van der Waals surface area contributed by atoms with Crippen molar-refractivity contribution in [2.24, 2.45) is 7.05 Å². The highest BCUT2D eigenvalue weighted by molar-refractivity contribution is 5.95. The predicted octanol–water partition coefficient (Wildman–Crippen LogP) is 3.76. The molecule has 2 aliphatic rings. The number of fused-ring (bicyclic) bond motifs is 2. The Balaban J connectivity index is 1.42.